The van der Waals surface area contributed by atoms with Crippen LogP contribution in [0.1, 0.15) is 49.2 Å². The molecule has 0 fully saturated rings. The van der Waals surface area contributed by atoms with Gasteiger partial charge in [-0.15, -0.1) is 0 Å². The molecule has 0 saturated carbocycles. The van der Waals surface area contributed by atoms with Crippen LogP contribution in [0.3, 0.4) is 0 Å². The van der Waals surface area contributed by atoms with Gasteiger partial charge < -0.3 is 10.1 Å². The Kier molecular flexibility index (Phi) is 6.28. The number of carbonyl (C=O) groups excluding carboxylic acids is 2. The summed E-state index contributed by atoms with van der Waals surface area (Å²) in [7, 11) is 0. The fourth-order valence-electron chi connectivity index (χ4n) is 2.48. The van der Waals surface area contributed by atoms with Crippen molar-refractivity contribution in [3.63, 3.8) is 0 Å². The Morgan fingerprint density at radius 3 is 2.37 bits per heavy atom. The van der Waals surface area contributed by atoms with Gasteiger partial charge in [0.2, 0.25) is 0 Å². The third-order valence-corrected chi connectivity index (χ3v) is 3.66. The largest absolute Gasteiger partial charge is 0.444 e. The number of alkyl carbamates (subject to hydrolysis) is 1. The molecule has 2 aromatic carbocycles. The predicted octanol–water partition coefficient (Wildman–Crippen LogP) is 4.43. The van der Waals surface area contributed by atoms with Crippen LogP contribution in [0.4, 0.5) is 10.5 Å². The van der Waals surface area contributed by atoms with Gasteiger partial charge in [-0.25, -0.2) is 4.79 Å². The van der Waals surface area contributed by atoms with Gasteiger partial charge in [0.1, 0.15) is 5.60 Å². The Hall–Kier alpha value is -3.22. The molecule has 7 heteroatoms. The van der Waals surface area contributed by atoms with E-state index >= 15 is 0 Å². The number of benzene rings is 2. The molecule has 1 amide bonds. The molecule has 2 aromatic rings. The molecule has 0 bridgehead atoms. The van der Waals surface area contributed by atoms with Crippen LogP contribution >= 0.6 is 0 Å². The molecule has 27 heavy (non-hydrogen) atoms. The maximum absolute atomic E-state index is 12.6. The number of ether oxygens (including phenoxy) is 1. The van der Waals surface area contributed by atoms with Gasteiger partial charge in [-0.2, -0.15) is 0 Å². The first-order valence-electron chi connectivity index (χ1n) is 8.48. The summed E-state index contributed by atoms with van der Waals surface area (Å²) in [6, 6.07) is 13.8. The van der Waals surface area contributed by atoms with Crippen LogP contribution in [0.2, 0.25) is 0 Å². The minimum Gasteiger partial charge on any atom is -0.444 e. The van der Waals surface area contributed by atoms with E-state index in [4.69, 9.17) is 4.74 Å². The number of amides is 1. The van der Waals surface area contributed by atoms with Crippen molar-refractivity contribution in [2.75, 3.05) is 0 Å². The maximum Gasteiger partial charge on any atom is 0.408 e. The van der Waals surface area contributed by atoms with Crippen molar-refractivity contribution < 1.29 is 19.2 Å². The second-order valence-corrected chi connectivity index (χ2v) is 7.04. The van der Waals surface area contributed by atoms with Crippen LogP contribution in [0.25, 0.3) is 0 Å². The highest BCUT2D eigenvalue weighted by Gasteiger charge is 2.24. The summed E-state index contributed by atoms with van der Waals surface area (Å²) < 4.78 is 5.26. The average Bonchev–Trinajstić information content (AvgIpc) is 2.60. The molecule has 0 saturated heterocycles. The number of nitrogens with one attached hydrogen (secondary N) is 1. The lowest BCUT2D eigenvalue weighted by Gasteiger charge is -2.23. The van der Waals surface area contributed by atoms with Crippen LogP contribution in [0.5, 0.6) is 0 Å². The Morgan fingerprint density at radius 2 is 1.78 bits per heavy atom. The van der Waals surface area contributed by atoms with E-state index in [1.807, 2.05) is 0 Å². The lowest BCUT2D eigenvalue weighted by Crippen LogP contribution is -2.35. The minimum absolute atomic E-state index is 0.0512. The zero-order valence-corrected chi connectivity index (χ0v) is 15.5. The van der Waals surface area contributed by atoms with Crippen LogP contribution in [-0.2, 0) is 4.74 Å². The molecule has 0 spiro atoms. The molecule has 0 aliphatic carbocycles. The highest BCUT2D eigenvalue weighted by molar-refractivity contribution is 5.96. The fraction of sp³-hybridized carbons (Fsp3) is 0.300. The highest BCUT2D eigenvalue weighted by atomic mass is 16.6. The van der Waals surface area contributed by atoms with Crippen molar-refractivity contribution in [1.29, 1.82) is 0 Å². The Bertz CT molecular complexity index is 828. The lowest BCUT2D eigenvalue weighted by molar-refractivity contribution is -0.384. The number of carbonyl (C=O) groups is 2. The number of rotatable bonds is 6. The molecular formula is C20H22N2O5. The summed E-state index contributed by atoms with van der Waals surface area (Å²) in [4.78, 5) is 35.3. The third kappa shape index (κ3) is 6.22. The number of nitrogens with zero attached hydrogens (tertiary/aromatic N) is 1. The van der Waals surface area contributed by atoms with Crippen molar-refractivity contribution in [3.05, 3.63) is 75.8 Å². The van der Waals surface area contributed by atoms with Crippen molar-refractivity contribution in [2.45, 2.75) is 38.8 Å². The van der Waals surface area contributed by atoms with E-state index in [1.54, 1.807) is 57.2 Å². The number of non-ortho nitro benzene ring substituents is 1. The molecule has 1 unspecified atom stereocenters. The second kappa shape index (κ2) is 8.44. The SMILES string of the molecule is CC(C)(C)OC(=O)NC(CC(=O)c1ccccc1)c1cccc([N+](=O)[O-])c1. The van der Waals surface area contributed by atoms with Crippen molar-refractivity contribution in [2.24, 2.45) is 0 Å². The van der Waals surface area contributed by atoms with E-state index in [1.165, 1.54) is 18.2 Å². The molecule has 1 atom stereocenters. The first kappa shape index (κ1) is 20.1. The smallest absolute Gasteiger partial charge is 0.408 e. The van der Waals surface area contributed by atoms with E-state index in [9.17, 15) is 19.7 Å². The second-order valence-electron chi connectivity index (χ2n) is 7.04. The number of Topliss-reactive ketones (excluding diaryl/α,β-unsaturated/α-hetero) is 1. The average molecular weight is 370 g/mol. The monoisotopic (exact) mass is 370 g/mol. The summed E-state index contributed by atoms with van der Waals surface area (Å²) in [5.74, 6) is -0.192. The number of ketones is 1. The molecule has 0 radical (unpaired) electrons. The highest BCUT2D eigenvalue weighted by Crippen LogP contribution is 2.24. The van der Waals surface area contributed by atoms with Gasteiger partial charge >= 0.3 is 6.09 Å². The zero-order chi connectivity index (χ0) is 20.0. The molecule has 0 aliphatic rings. The van der Waals surface area contributed by atoms with Gasteiger partial charge in [0.25, 0.3) is 5.69 Å². The van der Waals surface area contributed by atoms with E-state index in [-0.39, 0.29) is 17.9 Å². The van der Waals surface area contributed by atoms with E-state index < -0.39 is 22.7 Å². The van der Waals surface area contributed by atoms with Gasteiger partial charge in [-0.1, -0.05) is 42.5 Å². The molecule has 0 aromatic heterocycles. The number of nitro benzene ring substituents is 1. The quantitative estimate of drug-likeness (QED) is 0.461. The number of hydrogen-bond donors (Lipinski definition) is 1. The maximum atomic E-state index is 12.6. The van der Waals surface area contributed by atoms with Crippen LogP contribution < -0.4 is 5.32 Å². The molecule has 142 valence electrons. The Labute approximate surface area is 157 Å². The fourth-order valence-corrected chi connectivity index (χ4v) is 2.48. The number of hydrogen-bond acceptors (Lipinski definition) is 5. The van der Waals surface area contributed by atoms with E-state index in [0.29, 0.717) is 11.1 Å². The van der Waals surface area contributed by atoms with Gasteiger partial charge in [-0.3, -0.25) is 14.9 Å². The van der Waals surface area contributed by atoms with Gasteiger partial charge in [-0.05, 0) is 26.3 Å². The molecule has 7 nitrogen and oxygen atoms in total. The summed E-state index contributed by atoms with van der Waals surface area (Å²) in [6.45, 7) is 5.18. The van der Waals surface area contributed by atoms with Crippen molar-refractivity contribution in [1.82, 2.24) is 5.32 Å². The summed E-state index contributed by atoms with van der Waals surface area (Å²) >= 11 is 0. The molecular weight excluding hydrogens is 348 g/mol. The van der Waals surface area contributed by atoms with Crippen LogP contribution in [-0.4, -0.2) is 22.4 Å². The zero-order valence-electron chi connectivity index (χ0n) is 15.5. The standard InChI is InChI=1S/C20H22N2O5/c1-20(2,3)27-19(24)21-17(13-18(23)14-8-5-4-6-9-14)15-10-7-11-16(12-15)22(25)26/h4-12,17H,13H2,1-3H3,(H,21,24). The van der Waals surface area contributed by atoms with E-state index in [0.717, 1.165) is 0 Å². The van der Waals surface area contributed by atoms with E-state index in [2.05, 4.69) is 5.32 Å². The van der Waals surface area contributed by atoms with Crippen molar-refractivity contribution in [3.8, 4) is 0 Å². The van der Waals surface area contributed by atoms with Crippen molar-refractivity contribution >= 4 is 17.6 Å². The van der Waals surface area contributed by atoms with Crippen LogP contribution in [0.15, 0.2) is 54.6 Å². The Balaban J connectivity index is 2.28. The molecule has 0 heterocycles. The van der Waals surface area contributed by atoms with Gasteiger partial charge in [0, 0.05) is 24.1 Å². The summed E-state index contributed by atoms with van der Waals surface area (Å²) in [6.07, 6.45) is -0.746. The molecule has 1 N–H and O–H groups in total. The predicted molar refractivity (Wildman–Crippen MR) is 101 cm³/mol. The minimum atomic E-state index is -0.757. The summed E-state index contributed by atoms with van der Waals surface area (Å²) in [5.41, 5.74) is 0.134. The van der Waals surface area contributed by atoms with Gasteiger partial charge in [0.15, 0.2) is 5.78 Å². The molecule has 2 rings (SSSR count). The van der Waals surface area contributed by atoms with Crippen LogP contribution in [0, 0.1) is 10.1 Å². The normalized spacial score (nSPS) is 12.1. The lowest BCUT2D eigenvalue weighted by atomic mass is 9.97. The first-order chi connectivity index (χ1) is 12.7. The summed E-state index contributed by atoms with van der Waals surface area (Å²) in [5, 5.41) is 13.7. The van der Waals surface area contributed by atoms with Gasteiger partial charge in [0.05, 0.1) is 11.0 Å². The molecule has 0 aliphatic heterocycles. The first-order valence-corrected chi connectivity index (χ1v) is 8.48. The topological polar surface area (TPSA) is 98.5 Å². The number of nitro groups is 1. The third-order valence-electron chi connectivity index (χ3n) is 3.66. The Morgan fingerprint density at radius 1 is 1.11 bits per heavy atom.